The van der Waals surface area contributed by atoms with E-state index >= 15 is 0 Å². The summed E-state index contributed by atoms with van der Waals surface area (Å²) in [6.45, 7) is 5.91. The molecule has 0 aromatic rings. The number of hydrogen-bond donors (Lipinski definition) is 1. The fourth-order valence-electron chi connectivity index (χ4n) is 5.88. The van der Waals surface area contributed by atoms with E-state index in [0.717, 1.165) is 30.8 Å². The number of carbonyl (C=O) groups excluding carboxylic acids is 1. The minimum atomic E-state index is -0.127. The Bertz CT molecular complexity index is 401. The molecule has 112 valence electrons. The molecule has 5 aliphatic rings. The largest absolute Gasteiger partial charge is 0.338 e. The van der Waals surface area contributed by atoms with Gasteiger partial charge >= 0.3 is 0 Å². The molecule has 5 fully saturated rings. The van der Waals surface area contributed by atoms with Crippen LogP contribution in [0.25, 0.3) is 0 Å². The van der Waals surface area contributed by atoms with Gasteiger partial charge in [0, 0.05) is 13.1 Å². The van der Waals surface area contributed by atoms with E-state index in [-0.39, 0.29) is 11.0 Å². The molecule has 0 aromatic carbocycles. The normalized spacial score (nSPS) is 44.8. The first-order valence-corrected chi connectivity index (χ1v) is 8.48. The molecule has 0 atom stereocenters. The molecule has 20 heavy (non-hydrogen) atoms. The molecule has 1 heterocycles. The highest BCUT2D eigenvalue weighted by Gasteiger charge is 2.58. The van der Waals surface area contributed by atoms with Crippen molar-refractivity contribution in [3.63, 3.8) is 0 Å². The molecule has 3 heteroatoms. The highest BCUT2D eigenvalue weighted by atomic mass is 16.2. The van der Waals surface area contributed by atoms with Gasteiger partial charge < -0.3 is 10.6 Å². The summed E-state index contributed by atoms with van der Waals surface area (Å²) < 4.78 is 0. The first-order chi connectivity index (χ1) is 9.40. The lowest BCUT2D eigenvalue weighted by atomic mass is 9.49. The number of amides is 1. The van der Waals surface area contributed by atoms with Gasteiger partial charge in [0.25, 0.3) is 0 Å². The molecule has 4 aliphatic carbocycles. The predicted octanol–water partition coefficient (Wildman–Crippen LogP) is 2.40. The summed E-state index contributed by atoms with van der Waals surface area (Å²) in [6.07, 6.45) is 7.73. The van der Waals surface area contributed by atoms with Crippen LogP contribution in [-0.4, -0.2) is 29.4 Å². The van der Waals surface area contributed by atoms with E-state index in [2.05, 4.69) is 18.7 Å². The third kappa shape index (κ3) is 1.71. The van der Waals surface area contributed by atoms with Gasteiger partial charge in [-0.05, 0) is 62.2 Å². The maximum absolute atomic E-state index is 13.1. The van der Waals surface area contributed by atoms with Crippen LogP contribution in [-0.2, 0) is 4.79 Å². The molecule has 1 aliphatic heterocycles. The Morgan fingerprint density at radius 3 is 1.90 bits per heavy atom. The van der Waals surface area contributed by atoms with Gasteiger partial charge in [-0.3, -0.25) is 4.79 Å². The molecule has 4 bridgehead atoms. The van der Waals surface area contributed by atoms with Crippen LogP contribution in [0.1, 0.15) is 52.4 Å². The second-order valence-corrected chi connectivity index (χ2v) is 8.75. The molecular weight excluding hydrogens is 248 g/mol. The highest BCUT2D eigenvalue weighted by Crippen LogP contribution is 2.60. The van der Waals surface area contributed by atoms with Gasteiger partial charge in [0.2, 0.25) is 5.91 Å². The van der Waals surface area contributed by atoms with Crippen LogP contribution in [0.15, 0.2) is 0 Å². The van der Waals surface area contributed by atoms with Gasteiger partial charge in [-0.25, -0.2) is 0 Å². The van der Waals surface area contributed by atoms with Gasteiger partial charge in [-0.1, -0.05) is 13.8 Å². The van der Waals surface area contributed by atoms with E-state index in [0.29, 0.717) is 11.8 Å². The van der Waals surface area contributed by atoms with Crippen molar-refractivity contribution in [2.75, 3.05) is 13.1 Å². The number of hydrogen-bond acceptors (Lipinski definition) is 2. The monoisotopic (exact) mass is 276 g/mol. The lowest BCUT2D eigenvalue weighted by Gasteiger charge is -2.59. The molecule has 0 radical (unpaired) electrons. The molecule has 4 saturated carbocycles. The Balaban J connectivity index is 1.50. The molecule has 3 nitrogen and oxygen atoms in total. The minimum absolute atomic E-state index is 0.0209. The van der Waals surface area contributed by atoms with E-state index in [1.165, 1.54) is 38.5 Å². The zero-order chi connectivity index (χ0) is 14.1. The number of likely N-dealkylation sites (tertiary alicyclic amines) is 1. The molecule has 5 rings (SSSR count). The summed E-state index contributed by atoms with van der Waals surface area (Å²) in [5.74, 6) is 3.46. The first-order valence-electron chi connectivity index (χ1n) is 8.48. The quantitative estimate of drug-likeness (QED) is 0.842. The van der Waals surface area contributed by atoms with Crippen molar-refractivity contribution < 1.29 is 4.79 Å². The van der Waals surface area contributed by atoms with Crippen molar-refractivity contribution in [2.45, 2.75) is 57.9 Å². The average Bonchev–Trinajstić information content (AvgIpc) is 2.32. The van der Waals surface area contributed by atoms with Gasteiger partial charge in [-0.2, -0.15) is 0 Å². The number of carbonyl (C=O) groups is 1. The van der Waals surface area contributed by atoms with E-state index in [4.69, 9.17) is 5.73 Å². The fourth-order valence-corrected chi connectivity index (χ4v) is 5.88. The second kappa shape index (κ2) is 4.00. The Labute approximate surface area is 122 Å². The van der Waals surface area contributed by atoms with Crippen molar-refractivity contribution in [2.24, 2.45) is 34.8 Å². The van der Waals surface area contributed by atoms with Crippen LogP contribution in [0.3, 0.4) is 0 Å². The Hall–Kier alpha value is -0.570. The third-order valence-electron chi connectivity index (χ3n) is 6.90. The summed E-state index contributed by atoms with van der Waals surface area (Å²) in [5, 5.41) is 0. The van der Waals surface area contributed by atoms with Crippen LogP contribution in [0, 0.1) is 29.1 Å². The van der Waals surface area contributed by atoms with Crippen molar-refractivity contribution in [3.05, 3.63) is 0 Å². The lowest BCUT2D eigenvalue weighted by Crippen LogP contribution is -2.73. The smallest absolute Gasteiger partial charge is 0.228 e. The van der Waals surface area contributed by atoms with Crippen LogP contribution in [0.2, 0.25) is 0 Å². The van der Waals surface area contributed by atoms with Crippen LogP contribution in [0.5, 0.6) is 0 Å². The van der Waals surface area contributed by atoms with Crippen LogP contribution >= 0.6 is 0 Å². The standard InChI is InChI=1S/C17H28N2O/c1-11(2)17(18)9-19(10-17)15(20)16-6-12-3-13(7-16)5-14(4-12)8-16/h11-14H,3-10,18H2,1-2H3. The summed E-state index contributed by atoms with van der Waals surface area (Å²) >= 11 is 0. The van der Waals surface area contributed by atoms with E-state index < -0.39 is 0 Å². The first kappa shape index (κ1) is 13.1. The third-order valence-corrected chi connectivity index (χ3v) is 6.90. The van der Waals surface area contributed by atoms with Gasteiger partial charge in [-0.15, -0.1) is 0 Å². The van der Waals surface area contributed by atoms with Gasteiger partial charge in [0.05, 0.1) is 11.0 Å². The molecular formula is C17H28N2O. The van der Waals surface area contributed by atoms with Crippen molar-refractivity contribution >= 4 is 5.91 Å². The summed E-state index contributed by atoms with van der Waals surface area (Å²) in [4.78, 5) is 15.1. The Kier molecular flexibility index (Phi) is 2.62. The van der Waals surface area contributed by atoms with Crippen molar-refractivity contribution in [1.29, 1.82) is 0 Å². The fraction of sp³-hybridized carbons (Fsp3) is 0.941. The van der Waals surface area contributed by atoms with Crippen LogP contribution in [0.4, 0.5) is 0 Å². The summed E-state index contributed by atoms with van der Waals surface area (Å²) in [6, 6.07) is 0. The van der Waals surface area contributed by atoms with Crippen molar-refractivity contribution in [3.8, 4) is 0 Å². The summed E-state index contributed by atoms with van der Waals surface area (Å²) in [7, 11) is 0. The predicted molar refractivity (Wildman–Crippen MR) is 78.9 cm³/mol. The van der Waals surface area contributed by atoms with Crippen molar-refractivity contribution in [1.82, 2.24) is 4.90 Å². The maximum Gasteiger partial charge on any atom is 0.228 e. The number of nitrogens with zero attached hydrogens (tertiary/aromatic N) is 1. The zero-order valence-corrected chi connectivity index (χ0v) is 12.9. The van der Waals surface area contributed by atoms with E-state index in [9.17, 15) is 4.79 Å². The second-order valence-electron chi connectivity index (χ2n) is 8.75. The minimum Gasteiger partial charge on any atom is -0.338 e. The van der Waals surface area contributed by atoms with E-state index in [1.807, 2.05) is 0 Å². The SMILES string of the molecule is CC(C)C1(N)CN(C(=O)C23CC4CC(CC(C4)C2)C3)C1. The highest BCUT2D eigenvalue weighted by molar-refractivity contribution is 5.84. The van der Waals surface area contributed by atoms with E-state index in [1.54, 1.807) is 0 Å². The molecule has 1 amide bonds. The maximum atomic E-state index is 13.1. The molecule has 0 spiro atoms. The van der Waals surface area contributed by atoms with Gasteiger partial charge in [0.1, 0.15) is 0 Å². The number of nitrogens with two attached hydrogens (primary N) is 1. The Morgan fingerprint density at radius 1 is 1.05 bits per heavy atom. The van der Waals surface area contributed by atoms with Crippen LogP contribution < -0.4 is 5.73 Å². The number of rotatable bonds is 2. The molecule has 1 saturated heterocycles. The summed E-state index contributed by atoms with van der Waals surface area (Å²) in [5.41, 5.74) is 6.27. The zero-order valence-electron chi connectivity index (χ0n) is 12.9. The Morgan fingerprint density at radius 2 is 1.50 bits per heavy atom. The molecule has 2 N–H and O–H groups in total. The topological polar surface area (TPSA) is 46.3 Å². The molecule has 0 unspecified atom stereocenters. The molecule has 0 aromatic heterocycles. The average molecular weight is 276 g/mol. The lowest BCUT2D eigenvalue weighted by molar-refractivity contribution is -0.166. The van der Waals surface area contributed by atoms with Gasteiger partial charge in [0.15, 0.2) is 0 Å².